The fourth-order valence-electron chi connectivity index (χ4n) is 2.28. The van der Waals surface area contributed by atoms with Crippen LogP contribution < -0.4 is 10.5 Å². The molecule has 0 fully saturated rings. The molecule has 11 heteroatoms. The van der Waals surface area contributed by atoms with Gasteiger partial charge in [0.25, 0.3) is 0 Å². The minimum Gasteiger partial charge on any atom is -0.323 e. The average Bonchev–Trinajstić information content (AvgIpc) is 3.00. The Morgan fingerprint density at radius 2 is 1.74 bits per heavy atom. The van der Waals surface area contributed by atoms with E-state index in [9.17, 15) is 21.6 Å². The van der Waals surface area contributed by atoms with E-state index in [0.29, 0.717) is 10.6 Å². The molecule has 27 heavy (non-hydrogen) atoms. The molecule has 2 aromatic rings. The van der Waals surface area contributed by atoms with Gasteiger partial charge in [-0.05, 0) is 17.0 Å². The highest BCUT2D eigenvalue weighted by molar-refractivity contribution is 7.89. The van der Waals surface area contributed by atoms with Crippen LogP contribution in [0.1, 0.15) is 36.9 Å². The van der Waals surface area contributed by atoms with Crippen molar-refractivity contribution < 1.29 is 21.6 Å². The zero-order chi connectivity index (χ0) is 19.5. The molecular weight excluding hydrogens is 405 g/mol. The molecule has 0 radical (unpaired) electrons. The van der Waals surface area contributed by atoms with Crippen molar-refractivity contribution in [2.24, 2.45) is 5.73 Å². The molecule has 1 aromatic heterocycles. The largest absolute Gasteiger partial charge is 0.408 e. The van der Waals surface area contributed by atoms with Crippen molar-refractivity contribution >= 4 is 22.4 Å². The lowest BCUT2D eigenvalue weighted by molar-refractivity contribution is -0.142. The highest BCUT2D eigenvalue weighted by Crippen LogP contribution is 2.19. The second-order valence-electron chi connectivity index (χ2n) is 6.27. The summed E-state index contributed by atoms with van der Waals surface area (Å²) in [5.41, 5.74) is 7.89. The number of hydrogen-bond donors (Lipinski definition) is 2. The molecule has 0 aliphatic heterocycles. The van der Waals surface area contributed by atoms with Gasteiger partial charge in [0.1, 0.15) is 11.4 Å². The lowest BCUT2D eigenvalue weighted by Crippen LogP contribution is -2.31. The van der Waals surface area contributed by atoms with Crippen molar-refractivity contribution in [3.63, 3.8) is 0 Å². The van der Waals surface area contributed by atoms with Crippen LogP contribution in [0.4, 0.5) is 13.2 Å². The molecule has 6 nitrogen and oxygen atoms in total. The van der Waals surface area contributed by atoms with E-state index < -0.39 is 28.8 Å². The third kappa shape index (κ3) is 6.80. The maximum absolute atomic E-state index is 12.3. The van der Waals surface area contributed by atoms with Crippen molar-refractivity contribution in [1.29, 1.82) is 0 Å². The Labute approximate surface area is 162 Å². The van der Waals surface area contributed by atoms with Crippen LogP contribution in [0.25, 0.3) is 0 Å². The Kier molecular flexibility index (Phi) is 7.85. The Morgan fingerprint density at radius 1 is 1.19 bits per heavy atom. The van der Waals surface area contributed by atoms with Crippen molar-refractivity contribution in [2.75, 3.05) is 6.54 Å². The summed E-state index contributed by atoms with van der Waals surface area (Å²) in [5.74, 6) is 0.368. The maximum atomic E-state index is 12.3. The maximum Gasteiger partial charge on any atom is 0.408 e. The summed E-state index contributed by atoms with van der Waals surface area (Å²) in [5, 5.41) is 3.43. The Hall–Kier alpha value is -1.62. The molecule has 0 spiro atoms. The van der Waals surface area contributed by atoms with E-state index in [0.717, 1.165) is 23.5 Å². The first-order valence-electron chi connectivity index (χ1n) is 7.92. The smallest absolute Gasteiger partial charge is 0.323 e. The highest BCUT2D eigenvalue weighted by atomic mass is 35.5. The van der Waals surface area contributed by atoms with Crippen LogP contribution in [0.15, 0.2) is 41.6 Å². The number of nitrogens with two attached hydrogens (primary N) is 1. The van der Waals surface area contributed by atoms with Crippen molar-refractivity contribution in [3.05, 3.63) is 47.8 Å². The molecule has 0 saturated heterocycles. The van der Waals surface area contributed by atoms with Gasteiger partial charge in [-0.1, -0.05) is 38.1 Å². The zero-order valence-corrected chi connectivity index (χ0v) is 16.4. The van der Waals surface area contributed by atoms with E-state index >= 15 is 0 Å². The van der Waals surface area contributed by atoms with Crippen LogP contribution in [0.3, 0.4) is 0 Å². The summed E-state index contributed by atoms with van der Waals surface area (Å²) in [6.45, 7) is 2.67. The van der Waals surface area contributed by atoms with E-state index in [2.05, 4.69) is 23.7 Å². The summed E-state index contributed by atoms with van der Waals surface area (Å²) in [6, 6.07) is 6.92. The Morgan fingerprint density at radius 3 is 2.26 bits per heavy atom. The van der Waals surface area contributed by atoms with E-state index in [-0.39, 0.29) is 23.8 Å². The second-order valence-corrected chi connectivity index (χ2v) is 8.04. The number of benzene rings is 1. The van der Waals surface area contributed by atoms with Crippen LogP contribution in [0.5, 0.6) is 0 Å². The summed E-state index contributed by atoms with van der Waals surface area (Å²) in [4.78, 5) is -0.343. The number of halogens is 4. The zero-order valence-electron chi connectivity index (χ0n) is 14.8. The van der Waals surface area contributed by atoms with Gasteiger partial charge in [0.2, 0.25) is 10.0 Å². The minimum absolute atomic E-state index is 0. The van der Waals surface area contributed by atoms with Crippen molar-refractivity contribution in [3.8, 4) is 0 Å². The molecule has 0 aliphatic carbocycles. The first-order valence-corrected chi connectivity index (χ1v) is 9.40. The van der Waals surface area contributed by atoms with Gasteiger partial charge in [-0.15, -0.1) is 12.4 Å². The second kappa shape index (κ2) is 9.05. The fourth-order valence-corrected chi connectivity index (χ4v) is 3.29. The number of hydrogen-bond acceptors (Lipinski definition) is 4. The molecule has 1 heterocycles. The molecule has 152 valence electrons. The third-order valence-corrected chi connectivity index (χ3v) is 5.16. The molecule has 1 aromatic carbocycles. The van der Waals surface area contributed by atoms with Gasteiger partial charge < -0.3 is 5.73 Å². The van der Waals surface area contributed by atoms with Crippen molar-refractivity contribution in [1.82, 2.24) is 14.5 Å². The van der Waals surface area contributed by atoms with E-state index in [1.165, 1.54) is 0 Å². The lowest BCUT2D eigenvalue weighted by atomic mass is 9.99. The quantitative estimate of drug-likeness (QED) is 0.712. The van der Waals surface area contributed by atoms with Crippen LogP contribution in [-0.2, 0) is 16.6 Å². The van der Waals surface area contributed by atoms with Crippen LogP contribution in [0, 0.1) is 0 Å². The third-order valence-electron chi connectivity index (χ3n) is 3.79. The molecule has 0 bridgehead atoms. The number of sulfonamides is 1. The van der Waals surface area contributed by atoms with Gasteiger partial charge in [0.15, 0.2) is 0 Å². The normalized spacial score (nSPS) is 13.4. The van der Waals surface area contributed by atoms with Gasteiger partial charge >= 0.3 is 6.18 Å². The van der Waals surface area contributed by atoms with Crippen LogP contribution in [-0.4, -0.2) is 30.9 Å². The van der Waals surface area contributed by atoms with E-state index in [1.54, 1.807) is 0 Å². The number of nitrogens with one attached hydrogen (secondary N) is 1. The lowest BCUT2D eigenvalue weighted by Gasteiger charge is -2.14. The molecule has 3 N–H and O–H groups in total. The molecule has 0 aliphatic rings. The van der Waals surface area contributed by atoms with Gasteiger partial charge in [0.05, 0.1) is 6.20 Å². The summed E-state index contributed by atoms with van der Waals surface area (Å²) >= 11 is 0. The van der Waals surface area contributed by atoms with Gasteiger partial charge in [-0.3, -0.25) is 4.68 Å². The van der Waals surface area contributed by atoms with Crippen LogP contribution in [0.2, 0.25) is 0 Å². The monoisotopic (exact) mass is 426 g/mol. The molecule has 2 rings (SSSR count). The van der Waals surface area contributed by atoms with Gasteiger partial charge in [0, 0.05) is 18.8 Å². The summed E-state index contributed by atoms with van der Waals surface area (Å²) < 4.78 is 64.2. The SMILES string of the molecule is CC(C)c1ccc(C(N)CNS(=O)(=O)c2cnn(CC(F)(F)F)c2)cc1.Cl. The summed E-state index contributed by atoms with van der Waals surface area (Å²) in [7, 11) is -4.00. The minimum atomic E-state index is -4.48. The first-order chi connectivity index (χ1) is 12.0. The highest BCUT2D eigenvalue weighted by Gasteiger charge is 2.29. The molecule has 0 amide bonds. The average molecular weight is 427 g/mol. The Balaban J connectivity index is 0.00000364. The standard InChI is InChI=1S/C16H21F3N4O2S.ClH/c1-11(2)12-3-5-13(6-4-12)15(20)8-22-26(24,25)14-7-21-23(9-14)10-16(17,18)19;/h3-7,9,11,15,22H,8,10,20H2,1-2H3;1H. The number of nitrogens with zero attached hydrogens (tertiary/aromatic N) is 2. The molecular formula is C16H22ClF3N4O2S. The fraction of sp³-hybridized carbons (Fsp3) is 0.438. The van der Waals surface area contributed by atoms with Crippen LogP contribution >= 0.6 is 12.4 Å². The summed E-state index contributed by atoms with van der Waals surface area (Å²) in [6.07, 6.45) is -2.78. The first kappa shape index (κ1) is 23.4. The van der Waals surface area contributed by atoms with Gasteiger partial charge in [-0.2, -0.15) is 18.3 Å². The Bertz CT molecular complexity index is 836. The van der Waals surface area contributed by atoms with E-state index in [1.807, 2.05) is 24.3 Å². The number of alkyl halides is 3. The van der Waals surface area contributed by atoms with Gasteiger partial charge in [-0.25, -0.2) is 13.1 Å². The predicted molar refractivity (Wildman–Crippen MR) is 98.2 cm³/mol. The molecule has 0 saturated carbocycles. The van der Waals surface area contributed by atoms with Crippen molar-refractivity contribution in [2.45, 2.75) is 43.4 Å². The van der Waals surface area contributed by atoms with E-state index in [4.69, 9.17) is 5.73 Å². The molecule has 1 unspecified atom stereocenters. The topological polar surface area (TPSA) is 90.0 Å². The number of aromatic nitrogens is 2. The predicted octanol–water partition coefficient (Wildman–Crippen LogP) is 2.97. The molecule has 1 atom stereocenters. The number of rotatable bonds is 7.